The molecule has 3 aromatic rings. The van der Waals surface area contributed by atoms with Gasteiger partial charge in [0.2, 0.25) is 5.91 Å². The van der Waals surface area contributed by atoms with E-state index in [0.29, 0.717) is 36.6 Å². The third kappa shape index (κ3) is 4.25. The highest BCUT2D eigenvalue weighted by atomic mass is 19.1. The van der Waals surface area contributed by atoms with Gasteiger partial charge in [-0.3, -0.25) is 19.5 Å². The molecule has 0 bridgehead atoms. The topological polar surface area (TPSA) is 101 Å². The van der Waals surface area contributed by atoms with E-state index in [1.54, 1.807) is 36.2 Å². The molecule has 2 aromatic heterocycles. The maximum Gasteiger partial charge on any atom is 0.271 e. The number of rotatable bonds is 4. The Bertz CT molecular complexity index is 1230. The summed E-state index contributed by atoms with van der Waals surface area (Å²) in [5, 5.41) is 3.06. The lowest BCUT2D eigenvalue weighted by molar-refractivity contribution is -0.127. The smallest absolute Gasteiger partial charge is 0.271 e. The first-order chi connectivity index (χ1) is 16.4. The molecule has 2 fully saturated rings. The van der Waals surface area contributed by atoms with Crippen molar-refractivity contribution in [1.29, 1.82) is 0 Å². The van der Waals surface area contributed by atoms with E-state index in [0.717, 1.165) is 24.8 Å². The van der Waals surface area contributed by atoms with Crippen molar-refractivity contribution in [3.05, 3.63) is 66.3 Å². The molecule has 2 unspecified atom stereocenters. The highest BCUT2D eigenvalue weighted by Gasteiger charge is 2.50. The van der Waals surface area contributed by atoms with Crippen LogP contribution in [0.1, 0.15) is 48.3 Å². The lowest BCUT2D eigenvalue weighted by Crippen LogP contribution is -2.46. The van der Waals surface area contributed by atoms with Crippen molar-refractivity contribution in [3.8, 4) is 11.3 Å². The predicted octanol–water partition coefficient (Wildman–Crippen LogP) is 3.48. The second-order valence-electron chi connectivity index (χ2n) is 9.07. The minimum atomic E-state index is -0.518. The summed E-state index contributed by atoms with van der Waals surface area (Å²) < 4.78 is 13.3. The Kier molecular flexibility index (Phi) is 5.77. The van der Waals surface area contributed by atoms with E-state index in [-0.39, 0.29) is 29.4 Å². The van der Waals surface area contributed by atoms with Crippen LogP contribution in [0.25, 0.3) is 11.3 Å². The van der Waals surface area contributed by atoms with Crippen LogP contribution in [0.15, 0.2) is 49.1 Å². The average molecular weight is 461 g/mol. The standard InChI is InChI=1S/C25H25FN6O2/c1-16-13-27-14-21(30-16)23(33)31-19-3-2-8-25(12-19)9-10-32(24(25)34)22-11-20(28-15-29-22)17-4-6-18(26)7-5-17/h4-7,11,13-15,19H,2-3,8-10,12H2,1H3,(H,31,33). The summed E-state index contributed by atoms with van der Waals surface area (Å²) in [4.78, 5) is 44.9. The van der Waals surface area contributed by atoms with Crippen molar-refractivity contribution in [1.82, 2.24) is 25.3 Å². The molecule has 1 spiro atoms. The molecular formula is C25H25FN6O2. The Hall–Kier alpha value is -3.75. The summed E-state index contributed by atoms with van der Waals surface area (Å²) in [6, 6.07) is 7.73. The van der Waals surface area contributed by atoms with Gasteiger partial charge in [-0.15, -0.1) is 0 Å². The summed E-state index contributed by atoms with van der Waals surface area (Å²) in [7, 11) is 0. The maximum absolute atomic E-state index is 13.6. The lowest BCUT2D eigenvalue weighted by atomic mass is 9.71. The number of anilines is 1. The number of carbonyl (C=O) groups is 2. The number of aromatic nitrogens is 4. The van der Waals surface area contributed by atoms with Crippen molar-refractivity contribution >= 4 is 17.6 Å². The zero-order valence-corrected chi connectivity index (χ0v) is 18.9. The van der Waals surface area contributed by atoms with Crippen molar-refractivity contribution in [2.75, 3.05) is 11.4 Å². The van der Waals surface area contributed by atoms with E-state index < -0.39 is 5.41 Å². The molecule has 1 saturated carbocycles. The van der Waals surface area contributed by atoms with Gasteiger partial charge in [-0.05, 0) is 56.9 Å². The number of benzene rings is 1. The molecule has 9 heteroatoms. The Morgan fingerprint density at radius 3 is 2.79 bits per heavy atom. The van der Waals surface area contributed by atoms with Gasteiger partial charge in [0.1, 0.15) is 23.7 Å². The molecule has 34 heavy (non-hydrogen) atoms. The molecule has 5 rings (SSSR count). The second kappa shape index (κ2) is 8.89. The molecule has 2 amide bonds. The zero-order chi connectivity index (χ0) is 23.7. The summed E-state index contributed by atoms with van der Waals surface area (Å²) in [5.41, 5.74) is 1.83. The van der Waals surface area contributed by atoms with Crippen molar-refractivity contribution < 1.29 is 14.0 Å². The Morgan fingerprint density at radius 2 is 2.00 bits per heavy atom. The Morgan fingerprint density at radius 1 is 1.18 bits per heavy atom. The van der Waals surface area contributed by atoms with Crippen molar-refractivity contribution in [2.45, 2.75) is 45.1 Å². The normalized spacial score (nSPS) is 22.2. The van der Waals surface area contributed by atoms with Crippen LogP contribution in [0.4, 0.5) is 10.2 Å². The first kappa shape index (κ1) is 22.1. The van der Waals surface area contributed by atoms with Crippen molar-refractivity contribution in [2.24, 2.45) is 5.41 Å². The lowest BCUT2D eigenvalue weighted by Gasteiger charge is -2.36. The van der Waals surface area contributed by atoms with Gasteiger partial charge in [0, 0.05) is 30.4 Å². The van der Waals surface area contributed by atoms with Gasteiger partial charge in [0.15, 0.2) is 0 Å². The highest BCUT2D eigenvalue weighted by Crippen LogP contribution is 2.46. The Balaban J connectivity index is 1.31. The van der Waals surface area contributed by atoms with E-state index in [2.05, 4.69) is 25.3 Å². The number of carbonyl (C=O) groups excluding carboxylic acids is 2. The molecule has 1 aliphatic carbocycles. The SMILES string of the molecule is Cc1cncc(C(=O)NC2CCCC3(CCN(c4cc(-c5ccc(F)cc5)ncn4)C3=O)C2)n1. The van der Waals surface area contributed by atoms with Gasteiger partial charge < -0.3 is 5.32 Å². The highest BCUT2D eigenvalue weighted by molar-refractivity contribution is 5.99. The quantitative estimate of drug-likeness (QED) is 0.640. The maximum atomic E-state index is 13.6. The van der Waals surface area contributed by atoms with Gasteiger partial charge in [0.25, 0.3) is 5.91 Å². The zero-order valence-electron chi connectivity index (χ0n) is 18.9. The van der Waals surface area contributed by atoms with E-state index in [4.69, 9.17) is 0 Å². The van der Waals surface area contributed by atoms with Gasteiger partial charge in [0.05, 0.1) is 23.0 Å². The number of nitrogens with zero attached hydrogens (tertiary/aromatic N) is 5. The van der Waals surface area contributed by atoms with Gasteiger partial charge in [-0.25, -0.2) is 19.3 Å². The fourth-order valence-electron chi connectivity index (χ4n) is 5.05. The van der Waals surface area contributed by atoms with Crippen LogP contribution < -0.4 is 10.2 Å². The third-order valence-corrected chi connectivity index (χ3v) is 6.75. The minimum Gasteiger partial charge on any atom is -0.348 e. The molecule has 1 N–H and O–H groups in total. The summed E-state index contributed by atoms with van der Waals surface area (Å²) in [6.07, 6.45) is 8.25. The van der Waals surface area contributed by atoms with Crippen LogP contribution in [-0.2, 0) is 4.79 Å². The van der Waals surface area contributed by atoms with E-state index in [9.17, 15) is 14.0 Å². The molecule has 1 aromatic carbocycles. The van der Waals surface area contributed by atoms with E-state index in [1.807, 2.05) is 0 Å². The number of hydrogen-bond donors (Lipinski definition) is 1. The van der Waals surface area contributed by atoms with Crippen LogP contribution in [0.2, 0.25) is 0 Å². The summed E-state index contributed by atoms with van der Waals surface area (Å²) in [5.74, 6) is -0.00804. The van der Waals surface area contributed by atoms with Gasteiger partial charge in [-0.1, -0.05) is 6.42 Å². The minimum absolute atomic E-state index is 0.0329. The molecule has 3 heterocycles. The monoisotopic (exact) mass is 460 g/mol. The number of aryl methyl sites for hydroxylation is 1. The molecule has 0 radical (unpaired) electrons. The van der Waals surface area contributed by atoms with Crippen LogP contribution in [0, 0.1) is 18.2 Å². The molecule has 2 atom stereocenters. The van der Waals surface area contributed by atoms with Gasteiger partial charge >= 0.3 is 0 Å². The molecule has 174 valence electrons. The van der Waals surface area contributed by atoms with E-state index >= 15 is 0 Å². The van der Waals surface area contributed by atoms with Gasteiger partial charge in [-0.2, -0.15) is 0 Å². The van der Waals surface area contributed by atoms with Crippen molar-refractivity contribution in [3.63, 3.8) is 0 Å². The molecule has 1 aliphatic heterocycles. The molecule has 2 aliphatic rings. The predicted molar refractivity (Wildman–Crippen MR) is 123 cm³/mol. The average Bonchev–Trinajstić information content (AvgIpc) is 3.14. The largest absolute Gasteiger partial charge is 0.348 e. The first-order valence-corrected chi connectivity index (χ1v) is 11.4. The second-order valence-corrected chi connectivity index (χ2v) is 9.07. The number of amides is 2. The number of halogens is 1. The molecular weight excluding hydrogens is 435 g/mol. The summed E-state index contributed by atoms with van der Waals surface area (Å²) in [6.45, 7) is 2.35. The van der Waals surface area contributed by atoms with Crippen LogP contribution in [-0.4, -0.2) is 44.3 Å². The number of nitrogens with one attached hydrogen (secondary N) is 1. The summed E-state index contributed by atoms with van der Waals surface area (Å²) >= 11 is 0. The van der Waals surface area contributed by atoms with Crippen LogP contribution >= 0.6 is 0 Å². The third-order valence-electron chi connectivity index (χ3n) is 6.75. The van der Waals surface area contributed by atoms with Crippen LogP contribution in [0.5, 0.6) is 0 Å². The van der Waals surface area contributed by atoms with E-state index in [1.165, 1.54) is 24.7 Å². The fourth-order valence-corrected chi connectivity index (χ4v) is 5.05. The first-order valence-electron chi connectivity index (χ1n) is 11.4. The Labute approximate surface area is 196 Å². The molecule has 8 nitrogen and oxygen atoms in total. The van der Waals surface area contributed by atoms with Crippen LogP contribution in [0.3, 0.4) is 0 Å². The molecule has 1 saturated heterocycles. The fraction of sp³-hybridized carbons (Fsp3) is 0.360. The number of hydrogen-bond acceptors (Lipinski definition) is 6.